The fraction of sp³-hybridized carbons (Fsp3) is 0. The number of pyridine rings is 1. The van der Waals surface area contributed by atoms with Crippen LogP contribution in [0.3, 0.4) is 0 Å². The molecule has 19 heavy (non-hydrogen) atoms. The summed E-state index contributed by atoms with van der Waals surface area (Å²) in [4.78, 5) is 0. The molecule has 0 N–H and O–H groups in total. The molecule has 90 valence electrons. The number of nitrogens with zero attached hydrogens (tertiary/aromatic N) is 3. The lowest BCUT2D eigenvalue weighted by Gasteiger charge is -2.09. The van der Waals surface area contributed by atoms with Crippen molar-refractivity contribution in [1.29, 1.82) is 5.26 Å². The summed E-state index contributed by atoms with van der Waals surface area (Å²) >= 11 is 0. The van der Waals surface area contributed by atoms with Crippen molar-refractivity contribution >= 4 is 5.52 Å². The first-order valence-corrected chi connectivity index (χ1v) is 5.78. The molecule has 0 radical (unpaired) electrons. The van der Waals surface area contributed by atoms with Crippen LogP contribution in [-0.4, -0.2) is 5.10 Å². The SMILES string of the molecule is N#Cc1c(-c2ccccc2)n[n+]2ccccc2c1[O-]. The fourth-order valence-corrected chi connectivity index (χ4v) is 2.00. The fourth-order valence-electron chi connectivity index (χ4n) is 2.00. The highest BCUT2D eigenvalue weighted by atomic mass is 16.3. The summed E-state index contributed by atoms with van der Waals surface area (Å²) in [5.74, 6) is -0.294. The number of fused-ring (bicyclic) bond motifs is 1. The van der Waals surface area contributed by atoms with Crippen molar-refractivity contribution in [3.05, 3.63) is 60.3 Å². The van der Waals surface area contributed by atoms with Crippen molar-refractivity contribution in [2.45, 2.75) is 0 Å². The highest BCUT2D eigenvalue weighted by Gasteiger charge is 2.16. The van der Waals surface area contributed by atoms with E-state index in [1.807, 2.05) is 36.4 Å². The molecule has 2 heterocycles. The van der Waals surface area contributed by atoms with Gasteiger partial charge in [0.2, 0.25) is 11.7 Å². The lowest BCUT2D eigenvalue weighted by Crippen LogP contribution is -2.28. The van der Waals surface area contributed by atoms with Crippen LogP contribution in [0.4, 0.5) is 0 Å². The summed E-state index contributed by atoms with van der Waals surface area (Å²) in [6.45, 7) is 0. The number of aromatic nitrogens is 2. The first kappa shape index (κ1) is 11.2. The maximum absolute atomic E-state index is 12.3. The average molecular weight is 247 g/mol. The van der Waals surface area contributed by atoms with Crippen molar-refractivity contribution in [1.82, 2.24) is 5.10 Å². The topological polar surface area (TPSA) is 63.8 Å². The van der Waals surface area contributed by atoms with E-state index < -0.39 is 0 Å². The predicted molar refractivity (Wildman–Crippen MR) is 67.0 cm³/mol. The van der Waals surface area contributed by atoms with Crippen molar-refractivity contribution < 1.29 is 9.62 Å². The third-order valence-electron chi connectivity index (χ3n) is 2.90. The van der Waals surface area contributed by atoms with Crippen LogP contribution < -0.4 is 9.62 Å². The molecule has 0 aliphatic rings. The van der Waals surface area contributed by atoms with Gasteiger partial charge in [0.15, 0.2) is 5.69 Å². The van der Waals surface area contributed by atoms with Crippen LogP contribution in [0.25, 0.3) is 16.8 Å². The molecule has 3 rings (SSSR count). The van der Waals surface area contributed by atoms with E-state index in [1.165, 1.54) is 4.52 Å². The Morgan fingerprint density at radius 1 is 1.05 bits per heavy atom. The van der Waals surface area contributed by atoms with Gasteiger partial charge >= 0.3 is 0 Å². The largest absolute Gasteiger partial charge is 0.867 e. The highest BCUT2D eigenvalue weighted by molar-refractivity contribution is 5.73. The van der Waals surface area contributed by atoms with Gasteiger partial charge in [-0.25, -0.2) is 0 Å². The van der Waals surface area contributed by atoms with Crippen molar-refractivity contribution in [2.75, 3.05) is 0 Å². The zero-order chi connectivity index (χ0) is 13.2. The lowest BCUT2D eigenvalue weighted by molar-refractivity contribution is -0.582. The minimum atomic E-state index is -0.294. The molecule has 0 atom stereocenters. The normalized spacial score (nSPS) is 10.3. The minimum absolute atomic E-state index is 0.0809. The molecule has 0 unspecified atom stereocenters. The summed E-state index contributed by atoms with van der Waals surface area (Å²) in [6, 6.07) is 16.4. The Bertz CT molecular complexity index is 792. The van der Waals surface area contributed by atoms with Crippen LogP contribution in [-0.2, 0) is 0 Å². The minimum Gasteiger partial charge on any atom is -0.867 e. The van der Waals surface area contributed by atoms with Gasteiger partial charge in [-0.3, -0.25) is 0 Å². The zero-order valence-electron chi connectivity index (χ0n) is 9.95. The molecule has 4 nitrogen and oxygen atoms in total. The molecule has 0 saturated heterocycles. The van der Waals surface area contributed by atoms with Crippen LogP contribution >= 0.6 is 0 Å². The van der Waals surface area contributed by atoms with Gasteiger partial charge in [0, 0.05) is 22.8 Å². The van der Waals surface area contributed by atoms with E-state index in [0.717, 1.165) is 5.56 Å². The van der Waals surface area contributed by atoms with Gasteiger partial charge < -0.3 is 5.11 Å². The van der Waals surface area contributed by atoms with Crippen LogP contribution in [0, 0.1) is 11.3 Å². The van der Waals surface area contributed by atoms with Crippen molar-refractivity contribution in [3.8, 4) is 23.1 Å². The van der Waals surface area contributed by atoms with Crippen LogP contribution in [0.5, 0.6) is 5.75 Å². The molecule has 0 aliphatic heterocycles. The van der Waals surface area contributed by atoms with Gasteiger partial charge in [0.25, 0.3) is 0 Å². The Morgan fingerprint density at radius 2 is 1.79 bits per heavy atom. The van der Waals surface area contributed by atoms with E-state index in [2.05, 4.69) is 5.10 Å². The van der Waals surface area contributed by atoms with E-state index in [0.29, 0.717) is 11.2 Å². The standard InChI is InChI=1S/C15H9N3O/c16-10-12-14(11-6-2-1-3-7-11)17-18-9-5-4-8-13(18)15(12)19/h1-9H. The summed E-state index contributed by atoms with van der Waals surface area (Å²) in [5.41, 5.74) is 1.65. The number of hydrogen-bond donors (Lipinski definition) is 0. The lowest BCUT2D eigenvalue weighted by atomic mass is 10.1. The van der Waals surface area contributed by atoms with E-state index in [-0.39, 0.29) is 11.3 Å². The number of nitriles is 1. The van der Waals surface area contributed by atoms with Gasteiger partial charge in [0.05, 0.1) is 5.56 Å². The van der Waals surface area contributed by atoms with Gasteiger partial charge in [-0.2, -0.15) is 5.26 Å². The second-order valence-electron chi connectivity index (χ2n) is 4.06. The summed E-state index contributed by atoms with van der Waals surface area (Å²) in [5, 5.41) is 25.9. The predicted octanol–water partition coefficient (Wildman–Crippen LogP) is 1.43. The molecule has 0 bridgehead atoms. The van der Waals surface area contributed by atoms with E-state index in [1.54, 1.807) is 24.4 Å². The van der Waals surface area contributed by atoms with E-state index >= 15 is 0 Å². The van der Waals surface area contributed by atoms with E-state index in [9.17, 15) is 10.4 Å². The maximum Gasteiger partial charge on any atom is 0.231 e. The van der Waals surface area contributed by atoms with Gasteiger partial charge in [-0.05, 0) is 11.8 Å². The van der Waals surface area contributed by atoms with Crippen LogP contribution in [0.2, 0.25) is 0 Å². The molecule has 1 aromatic carbocycles. The average Bonchev–Trinajstić information content (AvgIpc) is 2.48. The number of benzene rings is 1. The Labute approximate surface area is 109 Å². The number of hydrogen-bond acceptors (Lipinski definition) is 3. The van der Waals surface area contributed by atoms with E-state index in [4.69, 9.17) is 0 Å². The zero-order valence-corrected chi connectivity index (χ0v) is 9.95. The Morgan fingerprint density at radius 3 is 2.53 bits per heavy atom. The molecule has 0 aliphatic carbocycles. The molecule has 2 aromatic heterocycles. The third-order valence-corrected chi connectivity index (χ3v) is 2.90. The van der Waals surface area contributed by atoms with Crippen LogP contribution in [0.1, 0.15) is 5.56 Å². The highest BCUT2D eigenvalue weighted by Crippen LogP contribution is 2.26. The third kappa shape index (κ3) is 1.78. The second-order valence-corrected chi connectivity index (χ2v) is 4.06. The molecular weight excluding hydrogens is 238 g/mol. The van der Waals surface area contributed by atoms with Crippen molar-refractivity contribution in [3.63, 3.8) is 0 Å². The molecule has 4 heteroatoms. The Hall–Kier alpha value is -2.93. The molecule has 3 aromatic rings. The quantitative estimate of drug-likeness (QED) is 0.611. The Balaban J connectivity index is 2.40. The Kier molecular flexibility index (Phi) is 2.58. The molecule has 0 amide bonds. The first-order valence-electron chi connectivity index (χ1n) is 5.78. The molecule has 0 saturated carbocycles. The van der Waals surface area contributed by atoms with Gasteiger partial charge in [-0.15, -0.1) is 0 Å². The maximum atomic E-state index is 12.3. The molecular formula is C15H9N3O. The summed E-state index contributed by atoms with van der Waals surface area (Å²) in [6.07, 6.45) is 1.70. The number of rotatable bonds is 1. The molecule has 0 spiro atoms. The van der Waals surface area contributed by atoms with Crippen LogP contribution in [0.15, 0.2) is 54.7 Å². The summed E-state index contributed by atoms with van der Waals surface area (Å²) in [7, 11) is 0. The summed E-state index contributed by atoms with van der Waals surface area (Å²) < 4.78 is 1.51. The second kappa shape index (κ2) is 4.39. The first-order chi connectivity index (χ1) is 9.31. The van der Waals surface area contributed by atoms with Crippen molar-refractivity contribution in [2.24, 2.45) is 0 Å². The van der Waals surface area contributed by atoms with Gasteiger partial charge in [0.1, 0.15) is 6.07 Å². The van der Waals surface area contributed by atoms with Gasteiger partial charge in [-0.1, -0.05) is 34.8 Å². The monoisotopic (exact) mass is 247 g/mol. The smallest absolute Gasteiger partial charge is 0.231 e. The molecule has 0 fully saturated rings.